The van der Waals surface area contributed by atoms with E-state index in [2.05, 4.69) is 31.8 Å². The molecule has 2 fully saturated rings. The molecule has 0 aliphatic carbocycles. The van der Waals surface area contributed by atoms with E-state index in [1.54, 1.807) is 0 Å². The number of piperazine rings is 1. The van der Waals surface area contributed by atoms with Crippen LogP contribution in [0.2, 0.25) is 0 Å². The Morgan fingerprint density at radius 3 is 2.53 bits per heavy atom. The molecule has 1 aromatic heterocycles. The van der Waals surface area contributed by atoms with Gasteiger partial charge in [-0.1, -0.05) is 24.3 Å². The average Bonchev–Trinajstić information content (AvgIpc) is 2.79. The van der Waals surface area contributed by atoms with E-state index >= 15 is 0 Å². The topological polar surface area (TPSA) is 72.3 Å². The van der Waals surface area contributed by atoms with Crippen molar-refractivity contribution in [3.63, 3.8) is 0 Å². The fourth-order valence-corrected chi connectivity index (χ4v) is 4.55. The van der Waals surface area contributed by atoms with E-state index in [1.807, 2.05) is 36.5 Å². The Labute approximate surface area is 178 Å². The molecule has 4 rings (SSSR count). The van der Waals surface area contributed by atoms with Crippen molar-refractivity contribution in [3.05, 3.63) is 54.2 Å². The normalized spacial score (nSPS) is 23.5. The Balaban J connectivity index is 1.29. The van der Waals surface area contributed by atoms with Crippen LogP contribution in [0.5, 0.6) is 5.75 Å². The third kappa shape index (κ3) is 5.10. The smallest absolute Gasteiger partial charge is 0.128 e. The Morgan fingerprint density at radius 2 is 1.80 bits per heavy atom. The molecule has 0 spiro atoms. The third-order valence-corrected chi connectivity index (χ3v) is 6.10. The van der Waals surface area contributed by atoms with Gasteiger partial charge in [0.25, 0.3) is 0 Å². The lowest BCUT2D eigenvalue weighted by molar-refractivity contribution is -0.0174. The lowest BCUT2D eigenvalue weighted by Gasteiger charge is -2.45. The van der Waals surface area contributed by atoms with Crippen molar-refractivity contribution in [2.24, 2.45) is 0 Å². The number of hydrogen-bond acceptors (Lipinski definition) is 7. The second kappa shape index (κ2) is 10.2. The maximum absolute atomic E-state index is 10.9. The quantitative estimate of drug-likeness (QED) is 0.708. The Bertz CT molecular complexity index is 783. The lowest BCUT2D eigenvalue weighted by Crippen LogP contribution is -2.58. The fourth-order valence-electron chi connectivity index (χ4n) is 4.55. The van der Waals surface area contributed by atoms with Gasteiger partial charge in [0.1, 0.15) is 18.2 Å². The number of benzene rings is 1. The van der Waals surface area contributed by atoms with Crippen molar-refractivity contribution in [2.75, 3.05) is 57.4 Å². The van der Waals surface area contributed by atoms with Crippen molar-refractivity contribution in [1.82, 2.24) is 14.8 Å². The molecule has 0 amide bonds. The molecule has 0 saturated carbocycles. The molecule has 3 heterocycles. The maximum Gasteiger partial charge on any atom is 0.128 e. The van der Waals surface area contributed by atoms with Gasteiger partial charge in [0.05, 0.1) is 12.7 Å². The van der Waals surface area contributed by atoms with Gasteiger partial charge in [-0.05, 0) is 24.6 Å². The van der Waals surface area contributed by atoms with Crippen molar-refractivity contribution in [2.45, 2.75) is 25.1 Å². The maximum atomic E-state index is 10.9. The van der Waals surface area contributed by atoms with Gasteiger partial charge >= 0.3 is 0 Å². The molecule has 2 saturated heterocycles. The van der Waals surface area contributed by atoms with Gasteiger partial charge in [0.15, 0.2) is 0 Å². The summed E-state index contributed by atoms with van der Waals surface area (Å²) in [5, 5.41) is 19.9. The first kappa shape index (κ1) is 21.1. The van der Waals surface area contributed by atoms with Crippen molar-refractivity contribution >= 4 is 5.82 Å². The largest absolute Gasteiger partial charge is 0.491 e. The minimum absolute atomic E-state index is 0.00599. The molecular weight excluding hydrogens is 380 g/mol. The number of ether oxygens (including phenoxy) is 1. The predicted molar refractivity (Wildman–Crippen MR) is 117 cm³/mol. The van der Waals surface area contributed by atoms with E-state index in [9.17, 15) is 5.11 Å². The van der Waals surface area contributed by atoms with E-state index in [0.717, 1.165) is 62.8 Å². The van der Waals surface area contributed by atoms with Crippen molar-refractivity contribution in [1.29, 1.82) is 0 Å². The molecule has 162 valence electrons. The summed E-state index contributed by atoms with van der Waals surface area (Å²) in [6.07, 6.45) is 2.45. The summed E-state index contributed by atoms with van der Waals surface area (Å²) in [7, 11) is 0. The molecule has 0 unspecified atom stereocenters. The molecule has 7 heteroatoms. The number of rotatable bonds is 7. The van der Waals surface area contributed by atoms with Crippen LogP contribution in [0.3, 0.4) is 0 Å². The Hall–Kier alpha value is -2.19. The van der Waals surface area contributed by atoms with Gasteiger partial charge in [-0.2, -0.15) is 0 Å². The molecular formula is C23H32N4O3. The Morgan fingerprint density at radius 1 is 1.00 bits per heavy atom. The summed E-state index contributed by atoms with van der Waals surface area (Å²) in [5.74, 6) is 1.85. The summed E-state index contributed by atoms with van der Waals surface area (Å²) < 4.78 is 5.66. The predicted octanol–water partition coefficient (Wildman–Crippen LogP) is 1.21. The second-order valence-corrected chi connectivity index (χ2v) is 8.05. The molecule has 0 radical (unpaired) electrons. The summed E-state index contributed by atoms with van der Waals surface area (Å²) in [6, 6.07) is 14.2. The van der Waals surface area contributed by atoms with Crippen LogP contribution >= 0.6 is 0 Å². The SMILES string of the molecule is OCCOc1ccccc1CN1CC[C@@H](N2CCN(c3ccccn3)CC2)[C@H](O)C1. The zero-order chi connectivity index (χ0) is 20.8. The third-order valence-electron chi connectivity index (χ3n) is 6.10. The van der Waals surface area contributed by atoms with Crippen LogP contribution in [0.15, 0.2) is 48.7 Å². The van der Waals surface area contributed by atoms with E-state index in [0.29, 0.717) is 13.2 Å². The molecule has 2 N–H and O–H groups in total. The average molecular weight is 413 g/mol. The zero-order valence-electron chi connectivity index (χ0n) is 17.4. The van der Waals surface area contributed by atoms with Crippen molar-refractivity contribution in [3.8, 4) is 5.75 Å². The number of pyridine rings is 1. The molecule has 1 aromatic carbocycles. The molecule has 0 bridgehead atoms. The minimum Gasteiger partial charge on any atom is -0.491 e. The number of aliphatic hydroxyl groups excluding tert-OH is 2. The number of hydrogen-bond donors (Lipinski definition) is 2. The fraction of sp³-hybridized carbons (Fsp3) is 0.522. The first-order valence-electron chi connectivity index (χ1n) is 10.9. The first-order valence-corrected chi connectivity index (χ1v) is 10.9. The highest BCUT2D eigenvalue weighted by Crippen LogP contribution is 2.25. The number of anilines is 1. The summed E-state index contributed by atoms with van der Waals surface area (Å²) >= 11 is 0. The van der Waals surface area contributed by atoms with Crippen LogP contribution in [0.25, 0.3) is 0 Å². The zero-order valence-corrected chi connectivity index (χ0v) is 17.4. The second-order valence-electron chi connectivity index (χ2n) is 8.05. The van der Waals surface area contributed by atoms with Crippen molar-refractivity contribution < 1.29 is 14.9 Å². The highest BCUT2D eigenvalue weighted by atomic mass is 16.5. The van der Waals surface area contributed by atoms with Gasteiger partial charge in [-0.15, -0.1) is 0 Å². The minimum atomic E-state index is -0.356. The summed E-state index contributed by atoms with van der Waals surface area (Å²) in [4.78, 5) is 11.5. The number of likely N-dealkylation sites (tertiary alicyclic amines) is 1. The van der Waals surface area contributed by atoms with E-state index in [4.69, 9.17) is 9.84 Å². The number of β-amino-alcohol motifs (C(OH)–C–C–N with tert-alkyl or cyclic N) is 1. The molecule has 30 heavy (non-hydrogen) atoms. The van der Waals surface area contributed by atoms with Gasteiger partial charge in [0.2, 0.25) is 0 Å². The molecule has 2 aliphatic heterocycles. The highest BCUT2D eigenvalue weighted by molar-refractivity contribution is 5.38. The van der Waals surface area contributed by atoms with Crippen LogP contribution in [0.4, 0.5) is 5.82 Å². The highest BCUT2D eigenvalue weighted by Gasteiger charge is 2.34. The van der Waals surface area contributed by atoms with Gasteiger partial charge in [-0.25, -0.2) is 4.98 Å². The lowest BCUT2D eigenvalue weighted by atomic mass is 9.98. The van der Waals surface area contributed by atoms with Crippen LogP contribution in [-0.4, -0.2) is 89.6 Å². The number of aliphatic hydroxyl groups is 2. The van der Waals surface area contributed by atoms with Crippen LogP contribution in [0.1, 0.15) is 12.0 Å². The number of para-hydroxylation sites is 1. The van der Waals surface area contributed by atoms with Crippen LogP contribution in [-0.2, 0) is 6.54 Å². The van der Waals surface area contributed by atoms with Gasteiger partial charge in [-0.3, -0.25) is 9.80 Å². The summed E-state index contributed by atoms with van der Waals surface area (Å²) in [5.41, 5.74) is 1.10. The number of aromatic nitrogens is 1. The van der Waals surface area contributed by atoms with E-state index < -0.39 is 0 Å². The van der Waals surface area contributed by atoms with Gasteiger partial charge in [0, 0.05) is 63.6 Å². The standard InChI is InChI=1S/C23H32N4O3/c28-15-16-30-22-6-2-1-5-19(22)17-25-10-8-20(21(29)18-25)26-11-13-27(14-12-26)23-7-3-4-9-24-23/h1-7,9,20-21,28-29H,8,10-18H2/t20-,21-/m1/s1. The monoisotopic (exact) mass is 412 g/mol. The molecule has 2 aromatic rings. The summed E-state index contributed by atoms with van der Waals surface area (Å²) in [6.45, 7) is 6.47. The molecule has 7 nitrogen and oxygen atoms in total. The van der Waals surface area contributed by atoms with Crippen LogP contribution in [0, 0.1) is 0 Å². The van der Waals surface area contributed by atoms with Gasteiger partial charge < -0.3 is 19.8 Å². The first-order chi connectivity index (χ1) is 14.7. The van der Waals surface area contributed by atoms with E-state index in [-0.39, 0.29) is 18.8 Å². The molecule has 2 aliphatic rings. The number of nitrogens with zero attached hydrogens (tertiary/aromatic N) is 4. The van der Waals surface area contributed by atoms with E-state index in [1.165, 1.54) is 0 Å². The molecule has 2 atom stereocenters. The van der Waals surface area contributed by atoms with Crippen LogP contribution < -0.4 is 9.64 Å². The number of piperidine rings is 1. The Kier molecular flexibility index (Phi) is 7.17.